The molecule has 1 atom stereocenters. The minimum atomic E-state index is -0.507. The summed E-state index contributed by atoms with van der Waals surface area (Å²) < 4.78 is 27.1. The van der Waals surface area contributed by atoms with Crippen molar-refractivity contribution in [3.63, 3.8) is 0 Å². The van der Waals surface area contributed by atoms with Crippen LogP contribution in [-0.2, 0) is 6.42 Å². The number of hydrogen-bond acceptors (Lipinski definition) is 2. The summed E-state index contributed by atoms with van der Waals surface area (Å²) in [4.78, 5) is 16.4. The van der Waals surface area contributed by atoms with Crippen LogP contribution in [0.25, 0.3) is 0 Å². The maximum absolute atomic E-state index is 13.6. The van der Waals surface area contributed by atoms with Crippen LogP contribution in [0.4, 0.5) is 8.78 Å². The highest BCUT2D eigenvalue weighted by molar-refractivity contribution is 5.92. The smallest absolute Gasteiger partial charge is 0.270 e. The van der Waals surface area contributed by atoms with Crippen molar-refractivity contribution in [1.29, 1.82) is 0 Å². The highest BCUT2D eigenvalue weighted by Gasteiger charge is 2.18. The predicted octanol–water partition coefficient (Wildman–Crippen LogP) is 4.07. The van der Waals surface area contributed by atoms with Crippen LogP contribution < -0.4 is 5.32 Å². The van der Waals surface area contributed by atoms with Gasteiger partial charge in [0, 0.05) is 6.20 Å². The standard InChI is InChI=1S/C20H16F2N2O/c21-16-7-3-5-14(11-16)12-19(15-6-4-8-17(22)13-15)24-20(25)18-9-1-2-10-23-18/h1-11,13,19H,12H2,(H,24,25)/t19-/m0/s1. The molecular weight excluding hydrogens is 322 g/mol. The van der Waals surface area contributed by atoms with E-state index < -0.39 is 11.9 Å². The summed E-state index contributed by atoms with van der Waals surface area (Å²) in [5, 5.41) is 2.85. The van der Waals surface area contributed by atoms with Gasteiger partial charge in [-0.05, 0) is 53.9 Å². The number of rotatable bonds is 5. The first-order valence-corrected chi connectivity index (χ1v) is 7.83. The molecule has 0 aliphatic rings. The van der Waals surface area contributed by atoms with Gasteiger partial charge in [-0.25, -0.2) is 8.78 Å². The van der Waals surface area contributed by atoms with E-state index in [9.17, 15) is 13.6 Å². The Morgan fingerprint density at radius 3 is 2.40 bits per heavy atom. The molecular formula is C20H16F2N2O. The van der Waals surface area contributed by atoms with Gasteiger partial charge in [-0.1, -0.05) is 30.3 Å². The number of nitrogens with zero attached hydrogens (tertiary/aromatic N) is 1. The number of halogens is 2. The van der Waals surface area contributed by atoms with E-state index in [-0.39, 0.29) is 17.4 Å². The van der Waals surface area contributed by atoms with Crippen LogP contribution >= 0.6 is 0 Å². The summed E-state index contributed by atoms with van der Waals surface area (Å²) in [6.45, 7) is 0. The molecule has 0 saturated heterocycles. The maximum Gasteiger partial charge on any atom is 0.270 e. The van der Waals surface area contributed by atoms with Crippen LogP contribution in [-0.4, -0.2) is 10.9 Å². The van der Waals surface area contributed by atoms with E-state index in [0.717, 1.165) is 0 Å². The lowest BCUT2D eigenvalue weighted by atomic mass is 9.98. The predicted molar refractivity (Wildman–Crippen MR) is 90.9 cm³/mol. The molecule has 1 amide bonds. The number of hydrogen-bond donors (Lipinski definition) is 1. The number of aromatic nitrogens is 1. The third-order valence-electron chi connectivity index (χ3n) is 3.78. The third kappa shape index (κ3) is 4.47. The molecule has 0 radical (unpaired) electrons. The average molecular weight is 338 g/mol. The van der Waals surface area contributed by atoms with Gasteiger partial charge in [0.1, 0.15) is 17.3 Å². The van der Waals surface area contributed by atoms with Crippen LogP contribution in [0.15, 0.2) is 72.9 Å². The van der Waals surface area contributed by atoms with Gasteiger partial charge in [-0.3, -0.25) is 9.78 Å². The van der Waals surface area contributed by atoms with Crippen LogP contribution in [0.2, 0.25) is 0 Å². The quantitative estimate of drug-likeness (QED) is 0.762. The van der Waals surface area contributed by atoms with E-state index in [1.165, 1.54) is 30.5 Å². The lowest BCUT2D eigenvalue weighted by Gasteiger charge is -2.19. The Balaban J connectivity index is 1.87. The Bertz CT molecular complexity index is 868. The van der Waals surface area contributed by atoms with Crippen molar-refractivity contribution in [2.45, 2.75) is 12.5 Å². The Morgan fingerprint density at radius 1 is 0.960 bits per heavy atom. The molecule has 1 aromatic heterocycles. The second-order valence-corrected chi connectivity index (χ2v) is 5.63. The van der Waals surface area contributed by atoms with Gasteiger partial charge in [0.2, 0.25) is 0 Å². The van der Waals surface area contributed by atoms with Crippen molar-refractivity contribution in [2.24, 2.45) is 0 Å². The van der Waals surface area contributed by atoms with Gasteiger partial charge in [-0.2, -0.15) is 0 Å². The summed E-state index contributed by atoms with van der Waals surface area (Å²) in [6, 6.07) is 16.7. The lowest BCUT2D eigenvalue weighted by Crippen LogP contribution is -2.30. The van der Waals surface area contributed by atoms with Gasteiger partial charge < -0.3 is 5.32 Å². The number of benzene rings is 2. The third-order valence-corrected chi connectivity index (χ3v) is 3.78. The van der Waals surface area contributed by atoms with E-state index >= 15 is 0 Å². The molecule has 3 rings (SSSR count). The van der Waals surface area contributed by atoms with Crippen LogP contribution in [0.3, 0.4) is 0 Å². The van der Waals surface area contributed by atoms with Crippen molar-refractivity contribution < 1.29 is 13.6 Å². The van der Waals surface area contributed by atoms with Gasteiger partial charge in [0.15, 0.2) is 0 Å². The minimum absolute atomic E-state index is 0.267. The van der Waals surface area contributed by atoms with E-state index in [0.29, 0.717) is 17.5 Å². The number of pyridine rings is 1. The number of carbonyl (C=O) groups excluding carboxylic acids is 1. The van der Waals surface area contributed by atoms with E-state index in [1.807, 2.05) is 0 Å². The lowest BCUT2D eigenvalue weighted by molar-refractivity contribution is 0.0931. The maximum atomic E-state index is 13.6. The normalized spacial score (nSPS) is 11.8. The molecule has 25 heavy (non-hydrogen) atoms. The van der Waals surface area contributed by atoms with E-state index in [2.05, 4.69) is 10.3 Å². The largest absolute Gasteiger partial charge is 0.344 e. The van der Waals surface area contributed by atoms with Gasteiger partial charge in [0.05, 0.1) is 6.04 Å². The summed E-state index contributed by atoms with van der Waals surface area (Å²) in [6.07, 6.45) is 1.86. The Kier molecular flexibility index (Phi) is 5.14. The average Bonchev–Trinajstić information content (AvgIpc) is 2.62. The molecule has 0 fully saturated rings. The van der Waals surface area contributed by atoms with Gasteiger partial charge in [0.25, 0.3) is 5.91 Å². The fourth-order valence-corrected chi connectivity index (χ4v) is 2.60. The Morgan fingerprint density at radius 2 is 1.72 bits per heavy atom. The van der Waals surface area contributed by atoms with Crippen molar-refractivity contribution in [3.8, 4) is 0 Å². The fraction of sp³-hybridized carbons (Fsp3) is 0.100. The van der Waals surface area contributed by atoms with Crippen LogP contribution in [0, 0.1) is 11.6 Å². The molecule has 0 spiro atoms. The first kappa shape index (κ1) is 16.8. The minimum Gasteiger partial charge on any atom is -0.344 e. The molecule has 5 heteroatoms. The molecule has 1 heterocycles. The summed E-state index contributed by atoms with van der Waals surface area (Å²) in [5.41, 5.74) is 1.58. The highest BCUT2D eigenvalue weighted by Crippen LogP contribution is 2.20. The Hall–Kier alpha value is -3.08. The highest BCUT2D eigenvalue weighted by atomic mass is 19.1. The molecule has 126 valence electrons. The summed E-state index contributed by atoms with van der Waals surface area (Å²) >= 11 is 0. The molecule has 0 unspecified atom stereocenters. The molecule has 3 nitrogen and oxygen atoms in total. The molecule has 0 bridgehead atoms. The number of amides is 1. The zero-order valence-corrected chi connectivity index (χ0v) is 13.3. The van der Waals surface area contributed by atoms with Crippen LogP contribution in [0.1, 0.15) is 27.7 Å². The van der Waals surface area contributed by atoms with Crippen molar-refractivity contribution >= 4 is 5.91 Å². The molecule has 0 aliphatic carbocycles. The molecule has 1 N–H and O–H groups in total. The molecule has 3 aromatic rings. The summed E-state index contributed by atoms with van der Waals surface area (Å²) in [7, 11) is 0. The zero-order valence-electron chi connectivity index (χ0n) is 13.3. The monoisotopic (exact) mass is 338 g/mol. The van der Waals surface area contributed by atoms with Crippen LogP contribution in [0.5, 0.6) is 0 Å². The second-order valence-electron chi connectivity index (χ2n) is 5.63. The van der Waals surface area contributed by atoms with Crippen molar-refractivity contribution in [3.05, 3.63) is 101 Å². The van der Waals surface area contributed by atoms with Crippen molar-refractivity contribution in [2.75, 3.05) is 0 Å². The van der Waals surface area contributed by atoms with E-state index in [1.54, 1.807) is 42.5 Å². The summed E-state index contributed by atoms with van der Waals surface area (Å²) in [5.74, 6) is -1.12. The van der Waals surface area contributed by atoms with Crippen molar-refractivity contribution in [1.82, 2.24) is 10.3 Å². The topological polar surface area (TPSA) is 42.0 Å². The first-order valence-electron chi connectivity index (χ1n) is 7.83. The zero-order chi connectivity index (χ0) is 17.6. The molecule has 0 saturated carbocycles. The second kappa shape index (κ2) is 7.66. The van der Waals surface area contributed by atoms with Gasteiger partial charge >= 0.3 is 0 Å². The fourth-order valence-electron chi connectivity index (χ4n) is 2.60. The van der Waals surface area contributed by atoms with Gasteiger partial charge in [-0.15, -0.1) is 0 Å². The number of carbonyl (C=O) groups is 1. The SMILES string of the molecule is O=C(N[C@@H](Cc1cccc(F)c1)c1cccc(F)c1)c1ccccn1. The number of nitrogens with one attached hydrogen (secondary N) is 1. The molecule has 2 aromatic carbocycles. The Labute approximate surface area is 144 Å². The van der Waals surface area contributed by atoms with E-state index in [4.69, 9.17) is 0 Å². The first-order chi connectivity index (χ1) is 12.1. The molecule has 0 aliphatic heterocycles.